The van der Waals surface area contributed by atoms with Crippen molar-refractivity contribution in [2.75, 3.05) is 0 Å². The fourth-order valence-electron chi connectivity index (χ4n) is 0.834. The van der Waals surface area contributed by atoms with E-state index in [1.54, 1.807) is 7.05 Å². The smallest absolute Gasteiger partial charge is 0.338 e. The van der Waals surface area contributed by atoms with E-state index in [9.17, 15) is 4.79 Å². The lowest BCUT2D eigenvalue weighted by Gasteiger charge is -2.05. The van der Waals surface area contributed by atoms with Gasteiger partial charge >= 0.3 is 5.97 Å². The second-order valence-electron chi connectivity index (χ2n) is 2.27. The van der Waals surface area contributed by atoms with Gasteiger partial charge in [-0.1, -0.05) is 11.6 Å². The zero-order valence-corrected chi connectivity index (χ0v) is 6.99. The summed E-state index contributed by atoms with van der Waals surface area (Å²) in [5, 5.41) is 17.6. The fourth-order valence-corrected chi connectivity index (χ4v) is 1.11. The minimum atomic E-state index is -1.62. The molecule has 0 aliphatic heterocycles. The van der Waals surface area contributed by atoms with E-state index in [1.807, 2.05) is 0 Å². The van der Waals surface area contributed by atoms with Crippen molar-refractivity contribution in [2.24, 2.45) is 7.05 Å². The summed E-state index contributed by atoms with van der Waals surface area (Å²) >= 11 is 5.53. The molecular formula is C6H7ClN2O3. The van der Waals surface area contributed by atoms with Crippen molar-refractivity contribution in [1.82, 2.24) is 9.55 Å². The number of hydrogen-bond donors (Lipinski definition) is 2. The maximum absolute atomic E-state index is 10.4. The van der Waals surface area contributed by atoms with Crippen molar-refractivity contribution in [2.45, 2.75) is 6.10 Å². The molecule has 5 nitrogen and oxygen atoms in total. The van der Waals surface area contributed by atoms with Crippen molar-refractivity contribution in [3.8, 4) is 0 Å². The molecule has 0 amide bonds. The molecule has 1 unspecified atom stereocenters. The monoisotopic (exact) mass is 190 g/mol. The van der Waals surface area contributed by atoms with Crippen molar-refractivity contribution < 1.29 is 15.0 Å². The number of hydrogen-bond acceptors (Lipinski definition) is 3. The van der Waals surface area contributed by atoms with Crippen LogP contribution in [0.5, 0.6) is 0 Å². The number of aliphatic hydroxyl groups excluding tert-OH is 1. The first-order chi connectivity index (χ1) is 5.54. The molecule has 12 heavy (non-hydrogen) atoms. The maximum Gasteiger partial charge on any atom is 0.338 e. The van der Waals surface area contributed by atoms with Gasteiger partial charge in [-0.3, -0.25) is 0 Å². The second kappa shape index (κ2) is 3.12. The minimum Gasteiger partial charge on any atom is -0.479 e. The Hall–Kier alpha value is -1.07. The average Bonchev–Trinajstić information content (AvgIpc) is 2.30. The molecule has 1 aromatic rings. The van der Waals surface area contributed by atoms with Gasteiger partial charge in [-0.2, -0.15) is 0 Å². The molecule has 0 bridgehead atoms. The number of halogens is 1. The van der Waals surface area contributed by atoms with Crippen LogP contribution < -0.4 is 0 Å². The van der Waals surface area contributed by atoms with E-state index in [1.165, 1.54) is 10.9 Å². The van der Waals surface area contributed by atoms with Gasteiger partial charge in [0.05, 0.1) is 12.0 Å². The van der Waals surface area contributed by atoms with Crippen LogP contribution in [0.25, 0.3) is 0 Å². The molecule has 66 valence electrons. The zero-order chi connectivity index (χ0) is 9.30. The summed E-state index contributed by atoms with van der Waals surface area (Å²) in [6.45, 7) is 0. The van der Waals surface area contributed by atoms with E-state index >= 15 is 0 Å². The van der Waals surface area contributed by atoms with Gasteiger partial charge in [0.2, 0.25) is 0 Å². The molecule has 1 heterocycles. The van der Waals surface area contributed by atoms with Gasteiger partial charge in [-0.15, -0.1) is 0 Å². The van der Waals surface area contributed by atoms with Crippen LogP contribution in [0.3, 0.4) is 0 Å². The molecule has 0 spiro atoms. The summed E-state index contributed by atoms with van der Waals surface area (Å²) in [5.41, 5.74) is 0.0872. The third kappa shape index (κ3) is 1.41. The van der Waals surface area contributed by atoms with E-state index in [-0.39, 0.29) is 10.8 Å². The van der Waals surface area contributed by atoms with Gasteiger partial charge in [0.1, 0.15) is 0 Å². The predicted octanol–water partition coefficient (Wildman–Crippen LogP) is 0.191. The topological polar surface area (TPSA) is 75.3 Å². The van der Waals surface area contributed by atoms with Crippen molar-refractivity contribution in [1.29, 1.82) is 0 Å². The third-order valence-corrected chi connectivity index (χ3v) is 1.72. The molecular weight excluding hydrogens is 184 g/mol. The van der Waals surface area contributed by atoms with Crippen molar-refractivity contribution in [3.05, 3.63) is 17.2 Å². The van der Waals surface area contributed by atoms with Crippen LogP contribution >= 0.6 is 11.6 Å². The van der Waals surface area contributed by atoms with Crippen LogP contribution in [0.15, 0.2) is 6.33 Å². The number of carboxylic acids is 1. The molecule has 1 atom stereocenters. The molecule has 6 heteroatoms. The Labute approximate surface area is 73.2 Å². The molecule has 0 saturated heterocycles. The summed E-state index contributed by atoms with van der Waals surface area (Å²) in [5.74, 6) is -1.35. The summed E-state index contributed by atoms with van der Waals surface area (Å²) < 4.78 is 1.36. The highest BCUT2D eigenvalue weighted by Gasteiger charge is 2.22. The number of aliphatic hydroxyl groups is 1. The first-order valence-electron chi connectivity index (χ1n) is 3.11. The van der Waals surface area contributed by atoms with Gasteiger partial charge < -0.3 is 14.8 Å². The summed E-state index contributed by atoms with van der Waals surface area (Å²) in [6.07, 6.45) is -0.283. The van der Waals surface area contributed by atoms with E-state index in [0.717, 1.165) is 0 Å². The normalized spacial score (nSPS) is 12.9. The Balaban J connectivity index is 3.08. The molecule has 0 aliphatic carbocycles. The van der Waals surface area contributed by atoms with Crippen LogP contribution in [0.4, 0.5) is 0 Å². The van der Waals surface area contributed by atoms with Gasteiger partial charge in [-0.05, 0) is 0 Å². The van der Waals surface area contributed by atoms with Crippen LogP contribution in [-0.2, 0) is 11.8 Å². The highest BCUT2D eigenvalue weighted by molar-refractivity contribution is 6.30. The zero-order valence-electron chi connectivity index (χ0n) is 6.23. The van der Waals surface area contributed by atoms with E-state index in [0.29, 0.717) is 0 Å². The Bertz CT molecular complexity index is 290. The van der Waals surface area contributed by atoms with Gasteiger partial charge in [0.15, 0.2) is 11.3 Å². The summed E-state index contributed by atoms with van der Waals surface area (Å²) in [4.78, 5) is 14.0. The number of rotatable bonds is 2. The number of imidazole rings is 1. The van der Waals surface area contributed by atoms with Crippen LogP contribution in [0, 0.1) is 0 Å². The quantitative estimate of drug-likeness (QED) is 0.698. The number of nitrogens with zero attached hydrogens (tertiary/aromatic N) is 2. The SMILES string of the molecule is Cn1cnc(Cl)c1C(O)C(=O)O. The highest BCUT2D eigenvalue weighted by atomic mass is 35.5. The Kier molecular flexibility index (Phi) is 2.35. The Morgan fingerprint density at radius 2 is 2.42 bits per heavy atom. The lowest BCUT2D eigenvalue weighted by molar-refractivity contribution is -0.147. The largest absolute Gasteiger partial charge is 0.479 e. The molecule has 0 radical (unpaired) electrons. The summed E-state index contributed by atoms with van der Waals surface area (Å²) in [6, 6.07) is 0. The number of carboxylic acid groups (broad SMARTS) is 1. The van der Waals surface area contributed by atoms with E-state index in [2.05, 4.69) is 4.98 Å². The van der Waals surface area contributed by atoms with E-state index in [4.69, 9.17) is 21.8 Å². The highest BCUT2D eigenvalue weighted by Crippen LogP contribution is 2.20. The third-order valence-electron chi connectivity index (χ3n) is 1.43. The lowest BCUT2D eigenvalue weighted by atomic mass is 10.3. The van der Waals surface area contributed by atoms with Crippen LogP contribution in [0.2, 0.25) is 5.15 Å². The minimum absolute atomic E-state index is 0.00685. The van der Waals surface area contributed by atoms with Crippen LogP contribution in [-0.4, -0.2) is 25.7 Å². The van der Waals surface area contributed by atoms with Crippen molar-refractivity contribution in [3.63, 3.8) is 0 Å². The molecule has 2 N–H and O–H groups in total. The number of aryl methyl sites for hydroxylation is 1. The van der Waals surface area contributed by atoms with Gasteiger partial charge in [0.25, 0.3) is 0 Å². The molecule has 0 saturated carbocycles. The maximum atomic E-state index is 10.4. The Morgan fingerprint density at radius 1 is 1.83 bits per heavy atom. The molecule has 0 fully saturated rings. The first kappa shape index (κ1) is 9.02. The molecule has 0 aromatic carbocycles. The Morgan fingerprint density at radius 3 is 2.75 bits per heavy atom. The fraction of sp³-hybridized carbons (Fsp3) is 0.333. The van der Waals surface area contributed by atoms with Crippen molar-refractivity contribution >= 4 is 17.6 Å². The van der Waals surface area contributed by atoms with Gasteiger partial charge in [-0.25, -0.2) is 9.78 Å². The first-order valence-corrected chi connectivity index (χ1v) is 3.49. The van der Waals surface area contributed by atoms with E-state index < -0.39 is 12.1 Å². The number of aliphatic carboxylic acids is 1. The number of carbonyl (C=O) groups is 1. The average molecular weight is 191 g/mol. The van der Waals surface area contributed by atoms with Gasteiger partial charge in [0, 0.05) is 7.05 Å². The standard InChI is InChI=1S/C6H7ClN2O3/c1-9-2-8-5(7)3(9)4(10)6(11)12/h2,4,10H,1H3,(H,11,12). The second-order valence-corrected chi connectivity index (χ2v) is 2.63. The number of aromatic nitrogens is 2. The lowest BCUT2D eigenvalue weighted by Crippen LogP contribution is -2.14. The summed E-state index contributed by atoms with van der Waals surface area (Å²) in [7, 11) is 1.56. The van der Waals surface area contributed by atoms with Crippen LogP contribution in [0.1, 0.15) is 11.8 Å². The predicted molar refractivity (Wildman–Crippen MR) is 40.8 cm³/mol. The molecule has 0 aliphatic rings. The molecule has 1 rings (SSSR count). The molecule has 1 aromatic heterocycles.